The Hall–Kier alpha value is -0.0400. The third-order valence-corrected chi connectivity index (χ3v) is 5.58. The van der Waals surface area contributed by atoms with Crippen molar-refractivity contribution < 1.29 is 0 Å². The zero-order valence-electron chi connectivity index (χ0n) is 12.8. The Bertz CT molecular complexity index is 228. The third kappa shape index (κ3) is 4.26. The summed E-state index contributed by atoms with van der Waals surface area (Å²) in [6.07, 6.45) is 12.9. The van der Waals surface area contributed by atoms with Crippen molar-refractivity contribution in [2.45, 2.75) is 84.6 Å². The quantitative estimate of drug-likeness (QED) is 0.759. The Kier molecular flexibility index (Phi) is 5.12. The van der Waals surface area contributed by atoms with Crippen LogP contribution in [0.4, 0.5) is 0 Å². The van der Waals surface area contributed by atoms with Gasteiger partial charge in [-0.25, -0.2) is 0 Å². The van der Waals surface area contributed by atoms with Crippen molar-refractivity contribution in [1.29, 1.82) is 0 Å². The van der Waals surface area contributed by atoms with Gasteiger partial charge in [0.15, 0.2) is 0 Å². The van der Waals surface area contributed by atoms with Gasteiger partial charge >= 0.3 is 0 Å². The highest BCUT2D eigenvalue weighted by molar-refractivity contribution is 4.83. The van der Waals surface area contributed by atoms with E-state index < -0.39 is 0 Å². The molecular weight excluding hydrogens is 218 g/mol. The molecule has 0 atom stereocenters. The van der Waals surface area contributed by atoms with Crippen LogP contribution in [-0.4, -0.2) is 12.6 Å². The van der Waals surface area contributed by atoms with Crippen molar-refractivity contribution in [3.05, 3.63) is 0 Å². The van der Waals surface area contributed by atoms with Crippen LogP contribution in [0.15, 0.2) is 0 Å². The predicted molar refractivity (Wildman–Crippen MR) is 79.8 cm³/mol. The fraction of sp³-hybridized carbons (Fsp3) is 1.00. The molecule has 0 saturated heterocycles. The van der Waals surface area contributed by atoms with E-state index >= 15 is 0 Å². The van der Waals surface area contributed by atoms with Gasteiger partial charge in [-0.15, -0.1) is 0 Å². The van der Waals surface area contributed by atoms with Crippen LogP contribution in [0.3, 0.4) is 0 Å². The lowest BCUT2D eigenvalue weighted by molar-refractivity contribution is 0.193. The van der Waals surface area contributed by atoms with Crippen LogP contribution in [0, 0.1) is 17.3 Å². The van der Waals surface area contributed by atoms with Crippen molar-refractivity contribution in [1.82, 2.24) is 5.32 Å². The summed E-state index contributed by atoms with van der Waals surface area (Å²) >= 11 is 0. The van der Waals surface area contributed by atoms with Gasteiger partial charge in [0, 0.05) is 6.04 Å². The molecule has 0 bridgehead atoms. The molecule has 0 aromatic rings. The van der Waals surface area contributed by atoms with Gasteiger partial charge in [-0.2, -0.15) is 0 Å². The Morgan fingerprint density at radius 2 is 1.44 bits per heavy atom. The Labute approximate surface area is 114 Å². The minimum atomic E-state index is 0.608. The first-order valence-electron chi connectivity index (χ1n) is 8.32. The van der Waals surface area contributed by atoms with Gasteiger partial charge in [-0.1, -0.05) is 40.0 Å². The standard InChI is InChI=1S/C17H33N/c1-4-14-5-7-15(8-6-14)13-18-16-9-11-17(2,3)12-10-16/h14-16,18H,4-13H2,1-3H3. The molecule has 0 radical (unpaired) electrons. The third-order valence-electron chi connectivity index (χ3n) is 5.58. The van der Waals surface area contributed by atoms with Crippen LogP contribution in [-0.2, 0) is 0 Å². The molecule has 0 amide bonds. The fourth-order valence-electron chi connectivity index (χ4n) is 3.78. The molecule has 1 heteroatoms. The molecular formula is C17H33N. The lowest BCUT2D eigenvalue weighted by Gasteiger charge is -2.36. The SMILES string of the molecule is CCC1CCC(CNC2CCC(C)(C)CC2)CC1. The molecule has 1 nitrogen and oxygen atoms in total. The van der Waals surface area contributed by atoms with Crippen LogP contribution in [0.2, 0.25) is 0 Å². The normalized spacial score (nSPS) is 33.5. The number of nitrogens with one attached hydrogen (secondary N) is 1. The van der Waals surface area contributed by atoms with E-state index in [1.54, 1.807) is 0 Å². The maximum absolute atomic E-state index is 3.86. The second-order valence-corrected chi connectivity index (χ2v) is 7.64. The van der Waals surface area contributed by atoms with Crippen LogP contribution >= 0.6 is 0 Å². The monoisotopic (exact) mass is 251 g/mol. The first-order chi connectivity index (χ1) is 8.59. The average molecular weight is 251 g/mol. The van der Waals surface area contributed by atoms with Crippen molar-refractivity contribution in [2.24, 2.45) is 17.3 Å². The molecule has 2 rings (SSSR count). The molecule has 0 heterocycles. The zero-order chi connectivity index (χ0) is 13.0. The lowest BCUT2D eigenvalue weighted by atomic mass is 9.75. The summed E-state index contributed by atoms with van der Waals surface area (Å²) < 4.78 is 0. The van der Waals surface area contributed by atoms with Crippen LogP contribution < -0.4 is 5.32 Å². The summed E-state index contributed by atoms with van der Waals surface area (Å²) in [5, 5.41) is 3.86. The first kappa shape index (κ1) is 14.4. The second kappa shape index (κ2) is 6.41. The molecule has 18 heavy (non-hydrogen) atoms. The minimum absolute atomic E-state index is 0.608. The van der Waals surface area contributed by atoms with E-state index in [1.807, 2.05) is 0 Å². The van der Waals surface area contributed by atoms with Gasteiger partial charge in [0.25, 0.3) is 0 Å². The summed E-state index contributed by atoms with van der Waals surface area (Å²) in [6, 6.07) is 0.821. The highest BCUT2D eigenvalue weighted by Gasteiger charge is 2.27. The van der Waals surface area contributed by atoms with Gasteiger partial charge < -0.3 is 5.32 Å². The molecule has 0 aromatic carbocycles. The summed E-state index contributed by atoms with van der Waals surface area (Å²) in [5.74, 6) is 2.01. The predicted octanol–water partition coefficient (Wildman–Crippen LogP) is 4.76. The Morgan fingerprint density at radius 1 is 0.889 bits per heavy atom. The van der Waals surface area contributed by atoms with Gasteiger partial charge in [0.2, 0.25) is 0 Å². The summed E-state index contributed by atoms with van der Waals surface area (Å²) in [7, 11) is 0. The van der Waals surface area contributed by atoms with Crippen molar-refractivity contribution in [3.63, 3.8) is 0 Å². The number of rotatable bonds is 4. The molecule has 2 aliphatic rings. The molecule has 0 spiro atoms. The largest absolute Gasteiger partial charge is 0.314 e. The van der Waals surface area contributed by atoms with Gasteiger partial charge in [-0.3, -0.25) is 0 Å². The van der Waals surface area contributed by atoms with E-state index in [1.165, 1.54) is 64.3 Å². The maximum Gasteiger partial charge on any atom is 0.00675 e. The van der Waals surface area contributed by atoms with Crippen molar-refractivity contribution >= 4 is 0 Å². The molecule has 2 saturated carbocycles. The zero-order valence-corrected chi connectivity index (χ0v) is 12.8. The highest BCUT2D eigenvalue weighted by Crippen LogP contribution is 2.35. The van der Waals surface area contributed by atoms with Crippen LogP contribution in [0.5, 0.6) is 0 Å². The molecule has 0 aromatic heterocycles. The molecule has 0 aliphatic heterocycles. The topological polar surface area (TPSA) is 12.0 Å². The Morgan fingerprint density at radius 3 is 2.00 bits per heavy atom. The minimum Gasteiger partial charge on any atom is -0.314 e. The summed E-state index contributed by atoms with van der Waals surface area (Å²) in [6.45, 7) is 8.50. The van der Waals surface area contributed by atoms with Crippen molar-refractivity contribution in [2.75, 3.05) is 6.54 Å². The average Bonchev–Trinajstić information content (AvgIpc) is 2.38. The number of hydrogen-bond acceptors (Lipinski definition) is 1. The number of hydrogen-bond donors (Lipinski definition) is 1. The smallest absolute Gasteiger partial charge is 0.00675 e. The van der Waals surface area contributed by atoms with E-state index in [0.29, 0.717) is 5.41 Å². The van der Waals surface area contributed by atoms with Gasteiger partial charge in [-0.05, 0) is 62.3 Å². The van der Waals surface area contributed by atoms with E-state index in [0.717, 1.165) is 17.9 Å². The molecule has 0 unspecified atom stereocenters. The van der Waals surface area contributed by atoms with E-state index in [-0.39, 0.29) is 0 Å². The van der Waals surface area contributed by atoms with E-state index in [4.69, 9.17) is 0 Å². The van der Waals surface area contributed by atoms with Gasteiger partial charge in [0.1, 0.15) is 0 Å². The first-order valence-corrected chi connectivity index (χ1v) is 8.32. The maximum atomic E-state index is 3.86. The van der Waals surface area contributed by atoms with Gasteiger partial charge in [0.05, 0.1) is 0 Å². The molecule has 1 N–H and O–H groups in total. The Balaban J connectivity index is 1.61. The van der Waals surface area contributed by atoms with Crippen LogP contribution in [0.1, 0.15) is 78.6 Å². The summed E-state index contributed by atoms with van der Waals surface area (Å²) in [5.41, 5.74) is 0.608. The fourth-order valence-corrected chi connectivity index (χ4v) is 3.78. The molecule has 2 aliphatic carbocycles. The second-order valence-electron chi connectivity index (χ2n) is 7.64. The van der Waals surface area contributed by atoms with E-state index in [2.05, 4.69) is 26.1 Å². The van der Waals surface area contributed by atoms with E-state index in [9.17, 15) is 0 Å². The highest BCUT2D eigenvalue weighted by atomic mass is 14.9. The molecule has 2 fully saturated rings. The summed E-state index contributed by atoms with van der Waals surface area (Å²) in [4.78, 5) is 0. The lowest BCUT2D eigenvalue weighted by Crippen LogP contribution is -2.38. The van der Waals surface area contributed by atoms with Crippen LogP contribution in [0.25, 0.3) is 0 Å². The van der Waals surface area contributed by atoms with Crippen molar-refractivity contribution in [3.8, 4) is 0 Å². The molecule has 106 valence electrons.